The maximum atomic E-state index is 10.6. The smallest absolute Gasteiger partial charge is 0.125 e. The van der Waals surface area contributed by atoms with E-state index in [9.17, 15) is 5.11 Å². The predicted molar refractivity (Wildman–Crippen MR) is 91.4 cm³/mol. The minimum atomic E-state index is -0.435. The lowest BCUT2D eigenvalue weighted by Gasteiger charge is -2.22. The summed E-state index contributed by atoms with van der Waals surface area (Å²) in [6.07, 6.45) is 6.63. The Kier molecular flexibility index (Phi) is 7.20. The van der Waals surface area contributed by atoms with Crippen molar-refractivity contribution in [1.29, 1.82) is 0 Å². The average molecular weight is 305 g/mol. The summed E-state index contributed by atoms with van der Waals surface area (Å²) >= 11 is 0. The molecule has 2 rings (SSSR count). The van der Waals surface area contributed by atoms with Gasteiger partial charge in [0, 0.05) is 12.1 Å². The Morgan fingerprint density at radius 3 is 2.59 bits per heavy atom. The summed E-state index contributed by atoms with van der Waals surface area (Å²) in [6.45, 7) is 8.20. The van der Waals surface area contributed by atoms with Crippen molar-refractivity contribution in [3.05, 3.63) is 29.3 Å². The van der Waals surface area contributed by atoms with Crippen LogP contribution in [0.5, 0.6) is 5.75 Å². The molecule has 0 aromatic heterocycles. The number of nitrogens with zero attached hydrogens (tertiary/aromatic N) is 1. The summed E-state index contributed by atoms with van der Waals surface area (Å²) in [5.41, 5.74) is 2.12. The summed E-state index contributed by atoms with van der Waals surface area (Å²) in [5, 5.41) is 10.6. The van der Waals surface area contributed by atoms with Crippen LogP contribution in [0.4, 0.5) is 0 Å². The van der Waals surface area contributed by atoms with Crippen molar-refractivity contribution < 1.29 is 9.84 Å². The maximum Gasteiger partial charge on any atom is 0.125 e. The predicted octanol–water partition coefficient (Wildman–Crippen LogP) is 4.08. The highest BCUT2D eigenvalue weighted by Gasteiger charge is 2.16. The van der Waals surface area contributed by atoms with Crippen molar-refractivity contribution in [3.63, 3.8) is 0 Å². The van der Waals surface area contributed by atoms with E-state index in [1.807, 2.05) is 6.07 Å². The van der Waals surface area contributed by atoms with Crippen LogP contribution in [-0.4, -0.2) is 36.2 Å². The first-order valence-corrected chi connectivity index (χ1v) is 8.84. The van der Waals surface area contributed by atoms with Gasteiger partial charge in [-0.3, -0.25) is 0 Å². The zero-order chi connectivity index (χ0) is 15.8. The van der Waals surface area contributed by atoms with E-state index in [0.29, 0.717) is 6.61 Å². The van der Waals surface area contributed by atoms with Crippen molar-refractivity contribution in [1.82, 2.24) is 4.90 Å². The number of benzene rings is 1. The van der Waals surface area contributed by atoms with Crippen LogP contribution in [0.3, 0.4) is 0 Å². The third-order valence-corrected chi connectivity index (χ3v) is 4.40. The lowest BCUT2D eigenvalue weighted by Crippen LogP contribution is -2.27. The molecule has 3 heteroatoms. The van der Waals surface area contributed by atoms with Crippen molar-refractivity contribution in [2.75, 3.05) is 26.2 Å². The molecule has 1 aromatic rings. The molecule has 0 aliphatic carbocycles. The van der Waals surface area contributed by atoms with Crippen LogP contribution in [0.1, 0.15) is 62.7 Å². The van der Waals surface area contributed by atoms with E-state index in [1.165, 1.54) is 44.3 Å². The normalized spacial score (nSPS) is 18.0. The molecular weight excluding hydrogens is 274 g/mol. The van der Waals surface area contributed by atoms with Crippen LogP contribution in [-0.2, 0) is 0 Å². The van der Waals surface area contributed by atoms with Crippen LogP contribution < -0.4 is 4.74 Å². The lowest BCUT2D eigenvalue weighted by atomic mass is 10.0. The van der Waals surface area contributed by atoms with Gasteiger partial charge in [-0.1, -0.05) is 31.4 Å². The Balaban J connectivity index is 1.95. The van der Waals surface area contributed by atoms with Crippen molar-refractivity contribution >= 4 is 0 Å². The molecule has 1 unspecified atom stereocenters. The van der Waals surface area contributed by atoms with E-state index in [4.69, 9.17) is 4.74 Å². The topological polar surface area (TPSA) is 32.7 Å². The van der Waals surface area contributed by atoms with Crippen molar-refractivity contribution in [3.8, 4) is 5.75 Å². The quantitative estimate of drug-likeness (QED) is 0.824. The zero-order valence-corrected chi connectivity index (χ0v) is 14.2. The second kappa shape index (κ2) is 9.16. The van der Waals surface area contributed by atoms with E-state index < -0.39 is 6.10 Å². The molecule has 22 heavy (non-hydrogen) atoms. The van der Waals surface area contributed by atoms with E-state index in [0.717, 1.165) is 30.7 Å². The summed E-state index contributed by atoms with van der Waals surface area (Å²) in [6, 6.07) is 6.11. The molecule has 3 nitrogen and oxygen atoms in total. The second-order valence-corrected chi connectivity index (χ2v) is 6.45. The molecule has 124 valence electrons. The summed E-state index contributed by atoms with van der Waals surface area (Å²) in [7, 11) is 0. The average Bonchev–Trinajstić information content (AvgIpc) is 2.80. The number of rotatable bonds is 7. The molecule has 1 heterocycles. The first-order valence-electron chi connectivity index (χ1n) is 8.84. The summed E-state index contributed by atoms with van der Waals surface area (Å²) in [5.74, 6) is 0.843. The Bertz CT molecular complexity index is 439. The number of aliphatic hydroxyl groups excluding tert-OH is 1. The standard InChI is InChI=1S/C19H31NO2/c1-3-14-22-19-9-8-16(2)15-17(19)18(21)10-13-20-11-6-4-5-7-12-20/h8-9,15,18,21H,3-7,10-14H2,1-2H3. The number of aryl methyl sites for hydroxylation is 1. The fraction of sp³-hybridized carbons (Fsp3) is 0.684. The Hall–Kier alpha value is -1.06. The van der Waals surface area contributed by atoms with Gasteiger partial charge in [-0.25, -0.2) is 0 Å². The molecule has 0 amide bonds. The van der Waals surface area contributed by atoms with Gasteiger partial charge in [0.1, 0.15) is 5.75 Å². The number of likely N-dealkylation sites (tertiary alicyclic amines) is 1. The fourth-order valence-electron chi connectivity index (χ4n) is 3.09. The van der Waals surface area contributed by atoms with Gasteiger partial charge in [0.05, 0.1) is 12.7 Å². The van der Waals surface area contributed by atoms with Gasteiger partial charge in [0.15, 0.2) is 0 Å². The molecule has 1 atom stereocenters. The lowest BCUT2D eigenvalue weighted by molar-refractivity contribution is 0.138. The molecule has 0 saturated carbocycles. The summed E-state index contributed by atoms with van der Waals surface area (Å²) < 4.78 is 5.80. The first kappa shape index (κ1) is 17.3. The highest BCUT2D eigenvalue weighted by Crippen LogP contribution is 2.29. The molecule has 1 aliphatic rings. The molecule has 0 bridgehead atoms. The molecule has 0 spiro atoms. The Morgan fingerprint density at radius 2 is 1.91 bits per heavy atom. The highest BCUT2D eigenvalue weighted by atomic mass is 16.5. The number of hydrogen-bond donors (Lipinski definition) is 1. The van der Waals surface area contributed by atoms with E-state index in [2.05, 4.69) is 30.9 Å². The number of ether oxygens (including phenoxy) is 1. The van der Waals surface area contributed by atoms with Gasteiger partial charge in [-0.15, -0.1) is 0 Å². The van der Waals surface area contributed by atoms with Crippen molar-refractivity contribution in [2.45, 2.75) is 58.5 Å². The first-order chi connectivity index (χ1) is 10.7. The van der Waals surface area contributed by atoms with Crippen molar-refractivity contribution in [2.24, 2.45) is 0 Å². The molecular formula is C19H31NO2. The van der Waals surface area contributed by atoms with E-state index in [1.54, 1.807) is 0 Å². The molecule has 1 saturated heterocycles. The third-order valence-electron chi connectivity index (χ3n) is 4.40. The molecule has 1 aromatic carbocycles. The molecule has 0 radical (unpaired) electrons. The van der Waals surface area contributed by atoms with Crippen LogP contribution in [0.15, 0.2) is 18.2 Å². The minimum absolute atomic E-state index is 0.435. The summed E-state index contributed by atoms with van der Waals surface area (Å²) in [4.78, 5) is 2.50. The molecule has 1 fully saturated rings. The zero-order valence-electron chi connectivity index (χ0n) is 14.2. The minimum Gasteiger partial charge on any atom is -0.493 e. The molecule has 1 aliphatic heterocycles. The Morgan fingerprint density at radius 1 is 1.18 bits per heavy atom. The Labute approximate surface area is 135 Å². The molecule has 1 N–H and O–H groups in total. The van der Waals surface area contributed by atoms with Gasteiger partial charge in [-0.05, 0) is 57.8 Å². The van der Waals surface area contributed by atoms with E-state index >= 15 is 0 Å². The van der Waals surface area contributed by atoms with Crippen LogP contribution in [0, 0.1) is 6.92 Å². The highest BCUT2D eigenvalue weighted by molar-refractivity contribution is 5.38. The second-order valence-electron chi connectivity index (χ2n) is 6.45. The fourth-order valence-corrected chi connectivity index (χ4v) is 3.09. The van der Waals surface area contributed by atoms with E-state index in [-0.39, 0.29) is 0 Å². The van der Waals surface area contributed by atoms with Gasteiger partial charge in [0.25, 0.3) is 0 Å². The monoisotopic (exact) mass is 305 g/mol. The van der Waals surface area contributed by atoms with Gasteiger partial charge in [-0.2, -0.15) is 0 Å². The van der Waals surface area contributed by atoms with Crippen LogP contribution in [0.2, 0.25) is 0 Å². The van der Waals surface area contributed by atoms with Gasteiger partial charge < -0.3 is 14.7 Å². The van der Waals surface area contributed by atoms with Crippen LogP contribution in [0.25, 0.3) is 0 Å². The largest absolute Gasteiger partial charge is 0.493 e. The SMILES string of the molecule is CCCOc1ccc(C)cc1C(O)CCN1CCCCCC1. The third kappa shape index (κ3) is 5.29. The number of aliphatic hydroxyl groups is 1. The van der Waals surface area contributed by atoms with Crippen LogP contribution >= 0.6 is 0 Å². The maximum absolute atomic E-state index is 10.6. The van der Waals surface area contributed by atoms with Gasteiger partial charge >= 0.3 is 0 Å². The van der Waals surface area contributed by atoms with Gasteiger partial charge in [0.2, 0.25) is 0 Å². The number of hydrogen-bond acceptors (Lipinski definition) is 3.